The summed E-state index contributed by atoms with van der Waals surface area (Å²) < 4.78 is 5.12. The smallest absolute Gasteiger partial charge is 0.340 e. The van der Waals surface area contributed by atoms with E-state index in [2.05, 4.69) is 4.98 Å². The number of benzene rings is 1. The minimum absolute atomic E-state index is 0.320. The number of aldehydes is 1. The maximum atomic E-state index is 11.8. The number of rotatable bonds is 4. The van der Waals surface area contributed by atoms with Crippen LogP contribution in [-0.4, -0.2) is 17.2 Å². The molecular formula is C14H11NO3. The Labute approximate surface area is 104 Å². The highest BCUT2D eigenvalue weighted by atomic mass is 16.5. The van der Waals surface area contributed by atoms with Crippen molar-refractivity contribution < 1.29 is 14.3 Å². The van der Waals surface area contributed by atoms with Crippen molar-refractivity contribution in [1.82, 2.24) is 4.98 Å². The number of ether oxygens (including phenoxy) is 1. The van der Waals surface area contributed by atoms with Gasteiger partial charge in [-0.3, -0.25) is 9.78 Å². The maximum absolute atomic E-state index is 11.8. The molecule has 4 nitrogen and oxygen atoms in total. The van der Waals surface area contributed by atoms with Crippen LogP contribution in [0.4, 0.5) is 0 Å². The van der Waals surface area contributed by atoms with E-state index < -0.39 is 12.1 Å². The lowest BCUT2D eigenvalue weighted by atomic mass is 10.1. The average Bonchev–Trinajstić information content (AvgIpc) is 2.46. The van der Waals surface area contributed by atoms with E-state index in [9.17, 15) is 9.59 Å². The summed E-state index contributed by atoms with van der Waals surface area (Å²) in [7, 11) is 0. The first-order chi connectivity index (χ1) is 8.81. The molecule has 2 rings (SSSR count). The molecule has 0 radical (unpaired) electrons. The van der Waals surface area contributed by atoms with Crippen LogP contribution in [0.3, 0.4) is 0 Å². The largest absolute Gasteiger partial charge is 0.446 e. The molecule has 4 heteroatoms. The van der Waals surface area contributed by atoms with Gasteiger partial charge in [-0.1, -0.05) is 30.3 Å². The summed E-state index contributed by atoms with van der Waals surface area (Å²) in [6, 6.07) is 12.1. The van der Waals surface area contributed by atoms with E-state index in [1.807, 2.05) is 6.07 Å². The molecule has 0 amide bonds. The minimum atomic E-state index is -0.890. The highest BCUT2D eigenvalue weighted by molar-refractivity contribution is 5.90. The fourth-order valence-electron chi connectivity index (χ4n) is 1.48. The first kappa shape index (κ1) is 12.0. The third-order valence-corrected chi connectivity index (χ3v) is 2.38. The van der Waals surface area contributed by atoms with Crippen LogP contribution >= 0.6 is 0 Å². The molecule has 0 spiro atoms. The Morgan fingerprint density at radius 2 is 1.94 bits per heavy atom. The van der Waals surface area contributed by atoms with Crippen LogP contribution in [0.25, 0.3) is 0 Å². The Hall–Kier alpha value is -2.49. The lowest BCUT2D eigenvalue weighted by Crippen LogP contribution is -2.12. The highest BCUT2D eigenvalue weighted by Crippen LogP contribution is 2.16. The number of aromatic nitrogens is 1. The van der Waals surface area contributed by atoms with Gasteiger partial charge in [0.25, 0.3) is 0 Å². The number of carbonyl (C=O) groups is 2. The van der Waals surface area contributed by atoms with E-state index in [1.54, 1.807) is 42.6 Å². The van der Waals surface area contributed by atoms with Crippen LogP contribution in [0.15, 0.2) is 54.9 Å². The highest BCUT2D eigenvalue weighted by Gasteiger charge is 2.16. The first-order valence-corrected chi connectivity index (χ1v) is 5.42. The quantitative estimate of drug-likeness (QED) is 0.608. The zero-order valence-corrected chi connectivity index (χ0v) is 9.52. The predicted molar refractivity (Wildman–Crippen MR) is 64.9 cm³/mol. The summed E-state index contributed by atoms with van der Waals surface area (Å²) in [5, 5.41) is 0. The van der Waals surface area contributed by atoms with E-state index in [0.29, 0.717) is 17.4 Å². The summed E-state index contributed by atoms with van der Waals surface area (Å²) in [4.78, 5) is 26.6. The molecule has 0 bridgehead atoms. The molecule has 0 saturated heterocycles. The second kappa shape index (κ2) is 5.72. The third kappa shape index (κ3) is 2.79. The molecule has 1 aromatic carbocycles. The molecule has 1 aromatic heterocycles. The minimum Gasteiger partial charge on any atom is -0.446 e. The second-order valence-corrected chi connectivity index (χ2v) is 3.61. The zero-order chi connectivity index (χ0) is 12.8. The average molecular weight is 241 g/mol. The van der Waals surface area contributed by atoms with Crippen LogP contribution in [0.2, 0.25) is 0 Å². The lowest BCUT2D eigenvalue weighted by Gasteiger charge is -2.11. The molecule has 2 aromatic rings. The number of pyridine rings is 1. The van der Waals surface area contributed by atoms with Crippen molar-refractivity contribution >= 4 is 12.3 Å². The molecule has 1 heterocycles. The van der Waals surface area contributed by atoms with Gasteiger partial charge in [0.2, 0.25) is 0 Å². The Bertz CT molecular complexity index is 525. The van der Waals surface area contributed by atoms with Gasteiger partial charge in [-0.15, -0.1) is 0 Å². The Balaban J connectivity index is 2.13. The van der Waals surface area contributed by atoms with E-state index in [-0.39, 0.29) is 0 Å². The topological polar surface area (TPSA) is 56.3 Å². The van der Waals surface area contributed by atoms with Crippen molar-refractivity contribution in [2.24, 2.45) is 0 Å². The van der Waals surface area contributed by atoms with Crippen molar-refractivity contribution in [1.29, 1.82) is 0 Å². The molecular weight excluding hydrogens is 230 g/mol. The van der Waals surface area contributed by atoms with Gasteiger partial charge in [-0.2, -0.15) is 0 Å². The molecule has 18 heavy (non-hydrogen) atoms. The summed E-state index contributed by atoms with van der Waals surface area (Å²) in [5.74, 6) is -0.566. The number of hydrogen-bond donors (Lipinski definition) is 0. The van der Waals surface area contributed by atoms with Gasteiger partial charge in [0.1, 0.15) is 0 Å². The SMILES string of the molecule is O=CC(OC(=O)c1cccnc1)c1ccccc1. The molecule has 90 valence electrons. The van der Waals surface area contributed by atoms with E-state index in [0.717, 1.165) is 0 Å². The van der Waals surface area contributed by atoms with Gasteiger partial charge in [-0.25, -0.2) is 4.79 Å². The molecule has 0 N–H and O–H groups in total. The van der Waals surface area contributed by atoms with Gasteiger partial charge in [0, 0.05) is 12.4 Å². The molecule has 0 aliphatic heterocycles. The Kier molecular flexibility index (Phi) is 3.81. The van der Waals surface area contributed by atoms with Crippen LogP contribution < -0.4 is 0 Å². The van der Waals surface area contributed by atoms with Crippen LogP contribution in [0.5, 0.6) is 0 Å². The number of hydrogen-bond acceptors (Lipinski definition) is 4. The van der Waals surface area contributed by atoms with Crippen LogP contribution in [-0.2, 0) is 9.53 Å². The van der Waals surface area contributed by atoms with Crippen LogP contribution in [0, 0.1) is 0 Å². The summed E-state index contributed by atoms with van der Waals surface area (Å²) in [5.41, 5.74) is 0.963. The van der Waals surface area contributed by atoms with Crippen molar-refractivity contribution in [3.05, 3.63) is 66.0 Å². The van der Waals surface area contributed by atoms with Crippen molar-refractivity contribution in [3.63, 3.8) is 0 Å². The number of nitrogens with zero attached hydrogens (tertiary/aromatic N) is 1. The molecule has 0 aliphatic rings. The van der Waals surface area contributed by atoms with Crippen molar-refractivity contribution in [2.75, 3.05) is 0 Å². The second-order valence-electron chi connectivity index (χ2n) is 3.61. The zero-order valence-electron chi connectivity index (χ0n) is 9.52. The fraction of sp³-hybridized carbons (Fsp3) is 0.0714. The van der Waals surface area contributed by atoms with E-state index in [1.165, 1.54) is 6.20 Å². The molecule has 0 saturated carbocycles. The number of esters is 1. The lowest BCUT2D eigenvalue weighted by molar-refractivity contribution is -0.115. The predicted octanol–water partition coefficient (Wildman–Crippen LogP) is 2.18. The number of carbonyl (C=O) groups excluding carboxylic acids is 2. The molecule has 1 atom stereocenters. The Morgan fingerprint density at radius 1 is 1.17 bits per heavy atom. The molecule has 0 aliphatic carbocycles. The molecule has 1 unspecified atom stereocenters. The standard InChI is InChI=1S/C14H11NO3/c16-10-13(11-5-2-1-3-6-11)18-14(17)12-7-4-8-15-9-12/h1-10,13H. The Morgan fingerprint density at radius 3 is 2.56 bits per heavy atom. The van der Waals surface area contributed by atoms with Gasteiger partial charge < -0.3 is 4.74 Å². The van der Waals surface area contributed by atoms with Gasteiger partial charge in [-0.05, 0) is 17.7 Å². The van der Waals surface area contributed by atoms with E-state index in [4.69, 9.17) is 4.74 Å². The summed E-state index contributed by atoms with van der Waals surface area (Å²) in [6.45, 7) is 0. The normalized spacial score (nSPS) is 11.6. The fourth-order valence-corrected chi connectivity index (χ4v) is 1.48. The van der Waals surface area contributed by atoms with Crippen molar-refractivity contribution in [2.45, 2.75) is 6.10 Å². The van der Waals surface area contributed by atoms with Gasteiger partial charge in [0.15, 0.2) is 12.4 Å². The maximum Gasteiger partial charge on any atom is 0.340 e. The van der Waals surface area contributed by atoms with Gasteiger partial charge >= 0.3 is 5.97 Å². The first-order valence-electron chi connectivity index (χ1n) is 5.42. The van der Waals surface area contributed by atoms with Gasteiger partial charge in [0.05, 0.1) is 5.56 Å². The van der Waals surface area contributed by atoms with Crippen molar-refractivity contribution in [3.8, 4) is 0 Å². The van der Waals surface area contributed by atoms with E-state index >= 15 is 0 Å². The third-order valence-electron chi connectivity index (χ3n) is 2.38. The summed E-state index contributed by atoms with van der Waals surface area (Å²) in [6.07, 6.45) is 2.67. The summed E-state index contributed by atoms with van der Waals surface area (Å²) >= 11 is 0. The molecule has 0 fully saturated rings. The monoisotopic (exact) mass is 241 g/mol. The van der Waals surface area contributed by atoms with Crippen LogP contribution in [0.1, 0.15) is 22.0 Å².